The van der Waals surface area contributed by atoms with Gasteiger partial charge in [-0.15, -0.1) is 0 Å². The fraction of sp³-hybridized carbons (Fsp3) is 0.731. The second-order valence-corrected chi connectivity index (χ2v) is 11.4. The Balaban J connectivity index is 1.46. The molecule has 2 saturated carbocycles. The van der Waals surface area contributed by atoms with Gasteiger partial charge in [0.25, 0.3) is 0 Å². The van der Waals surface area contributed by atoms with Crippen LogP contribution in [0.4, 0.5) is 5.82 Å². The van der Waals surface area contributed by atoms with Crippen molar-refractivity contribution in [1.82, 2.24) is 19.5 Å². The summed E-state index contributed by atoms with van der Waals surface area (Å²) >= 11 is 0. The molecule has 0 aromatic carbocycles. The first-order chi connectivity index (χ1) is 15.2. The zero-order valence-electron chi connectivity index (χ0n) is 20.5. The minimum absolute atomic E-state index is 0.142. The van der Waals surface area contributed by atoms with Crippen LogP contribution in [0.2, 0.25) is 0 Å². The molecule has 3 aliphatic rings. The summed E-state index contributed by atoms with van der Waals surface area (Å²) in [4.78, 5) is 19.5. The maximum absolute atomic E-state index is 6.03. The summed E-state index contributed by atoms with van der Waals surface area (Å²) in [5, 5.41) is 2.05. The Hall–Kier alpha value is -1.95. The molecule has 2 fully saturated rings. The number of allylic oxidation sites excluding steroid dienone is 1. The van der Waals surface area contributed by atoms with E-state index in [-0.39, 0.29) is 5.54 Å². The molecular weight excluding hydrogens is 398 g/mol. The third-order valence-corrected chi connectivity index (χ3v) is 9.92. The lowest BCUT2D eigenvalue weighted by atomic mass is 9.46. The number of anilines is 1. The number of fused-ring (bicyclic) bond motifs is 1. The van der Waals surface area contributed by atoms with Crippen molar-refractivity contribution in [2.24, 2.45) is 22.7 Å². The summed E-state index contributed by atoms with van der Waals surface area (Å²) in [7, 11) is 1.77. The van der Waals surface area contributed by atoms with E-state index >= 15 is 0 Å². The highest BCUT2D eigenvalue weighted by molar-refractivity contribution is 5.83. The number of hydrogen-bond acceptors (Lipinski definition) is 5. The molecule has 6 heteroatoms. The van der Waals surface area contributed by atoms with Gasteiger partial charge in [0.2, 0.25) is 0 Å². The molecule has 0 saturated heterocycles. The molecule has 3 heterocycles. The molecule has 0 amide bonds. The second kappa shape index (κ2) is 7.54. The van der Waals surface area contributed by atoms with Gasteiger partial charge in [0.15, 0.2) is 11.5 Å². The van der Waals surface area contributed by atoms with Crippen molar-refractivity contribution >= 4 is 17.0 Å². The fourth-order valence-electron chi connectivity index (χ4n) is 7.39. The predicted octanol–water partition coefficient (Wildman–Crippen LogP) is 5.94. The summed E-state index contributed by atoms with van der Waals surface area (Å²) in [6.07, 6.45) is 13.2. The van der Waals surface area contributed by atoms with E-state index in [0.717, 1.165) is 42.3 Å². The Morgan fingerprint density at radius 1 is 1.12 bits per heavy atom. The van der Waals surface area contributed by atoms with E-state index in [1.165, 1.54) is 44.1 Å². The molecule has 2 aromatic heterocycles. The second-order valence-electron chi connectivity index (χ2n) is 11.4. The van der Waals surface area contributed by atoms with Crippen molar-refractivity contribution < 1.29 is 4.84 Å². The van der Waals surface area contributed by atoms with Crippen molar-refractivity contribution in [3.63, 3.8) is 0 Å². The fourth-order valence-corrected chi connectivity index (χ4v) is 7.39. The molecule has 0 N–H and O–H groups in total. The molecule has 6 nitrogen and oxygen atoms in total. The van der Waals surface area contributed by atoms with Gasteiger partial charge in [-0.1, -0.05) is 32.9 Å². The van der Waals surface area contributed by atoms with Crippen LogP contribution < -0.4 is 5.06 Å². The summed E-state index contributed by atoms with van der Waals surface area (Å²) < 4.78 is 2.19. The van der Waals surface area contributed by atoms with Crippen LogP contribution in [0.3, 0.4) is 0 Å². The third-order valence-electron chi connectivity index (χ3n) is 9.92. The van der Waals surface area contributed by atoms with Crippen LogP contribution in [0.25, 0.3) is 11.2 Å². The lowest BCUT2D eigenvalue weighted by Crippen LogP contribution is -2.52. The molecule has 174 valence electrons. The van der Waals surface area contributed by atoms with Crippen LogP contribution in [0.15, 0.2) is 24.8 Å². The van der Waals surface area contributed by atoms with Gasteiger partial charge in [0.1, 0.15) is 11.8 Å². The lowest BCUT2D eigenvalue weighted by Gasteiger charge is -2.59. The highest BCUT2D eigenvalue weighted by Gasteiger charge is 2.54. The molecule has 5 rings (SSSR count). The molecule has 0 bridgehead atoms. The van der Waals surface area contributed by atoms with Gasteiger partial charge >= 0.3 is 0 Å². The van der Waals surface area contributed by atoms with E-state index in [1.807, 2.05) is 6.33 Å². The van der Waals surface area contributed by atoms with Crippen molar-refractivity contribution in [2.45, 2.75) is 91.1 Å². The standard InChI is InChI=1S/C26H39N5O/c1-18-8-7-9-20-25(18,4)11-10-19(2)26(20,5)13-12-24(3)14-15-30-17-29-22-21(30)23(28-16-27-22)31(24)32-6/h16-17,19-20H,1,7-15H2,2-6H3/t19-,20+,24+,25-,26+/m1/s1. The van der Waals surface area contributed by atoms with Gasteiger partial charge in [-0.3, -0.25) is 4.84 Å². The van der Waals surface area contributed by atoms with Crippen molar-refractivity contribution in [1.29, 1.82) is 0 Å². The summed E-state index contributed by atoms with van der Waals surface area (Å²) in [5.41, 5.74) is 3.69. The minimum Gasteiger partial charge on any atom is -0.326 e. The molecule has 2 aliphatic carbocycles. The smallest absolute Gasteiger partial charge is 0.183 e. The predicted molar refractivity (Wildman–Crippen MR) is 128 cm³/mol. The van der Waals surface area contributed by atoms with Crippen LogP contribution in [-0.4, -0.2) is 32.2 Å². The van der Waals surface area contributed by atoms with Gasteiger partial charge in [-0.05, 0) is 81.0 Å². The number of hydrogen-bond donors (Lipinski definition) is 0. The largest absolute Gasteiger partial charge is 0.326 e. The average molecular weight is 438 g/mol. The maximum atomic E-state index is 6.03. The molecule has 5 atom stereocenters. The van der Waals surface area contributed by atoms with Crippen LogP contribution in [0.5, 0.6) is 0 Å². The quantitative estimate of drug-likeness (QED) is 0.554. The van der Waals surface area contributed by atoms with Crippen molar-refractivity contribution in [3.8, 4) is 0 Å². The van der Waals surface area contributed by atoms with Crippen molar-refractivity contribution in [3.05, 3.63) is 24.8 Å². The maximum Gasteiger partial charge on any atom is 0.183 e. The lowest BCUT2D eigenvalue weighted by molar-refractivity contribution is -0.0613. The molecule has 0 radical (unpaired) electrons. The van der Waals surface area contributed by atoms with Gasteiger partial charge in [0.05, 0.1) is 19.0 Å². The molecular formula is C26H39N5O. The molecule has 0 spiro atoms. The van der Waals surface area contributed by atoms with E-state index < -0.39 is 0 Å². The molecule has 1 aliphatic heterocycles. The Morgan fingerprint density at radius 2 is 1.94 bits per heavy atom. The van der Waals surface area contributed by atoms with Crippen LogP contribution in [0.1, 0.15) is 79.1 Å². The number of aryl methyl sites for hydroxylation is 1. The zero-order chi connectivity index (χ0) is 22.7. The van der Waals surface area contributed by atoms with Crippen LogP contribution >= 0.6 is 0 Å². The normalized spacial score (nSPS) is 37.4. The number of imidazole rings is 1. The van der Waals surface area contributed by atoms with Gasteiger partial charge in [0, 0.05) is 6.54 Å². The molecule has 2 aromatic rings. The Morgan fingerprint density at radius 3 is 2.72 bits per heavy atom. The highest BCUT2D eigenvalue weighted by Crippen LogP contribution is 2.63. The van der Waals surface area contributed by atoms with Gasteiger partial charge < -0.3 is 4.57 Å². The number of aromatic nitrogens is 4. The number of rotatable bonds is 4. The molecule has 0 unspecified atom stereocenters. The van der Waals surface area contributed by atoms with E-state index in [4.69, 9.17) is 4.84 Å². The first-order valence-corrected chi connectivity index (χ1v) is 12.4. The average Bonchev–Trinajstić information content (AvgIpc) is 3.15. The van der Waals surface area contributed by atoms with Crippen LogP contribution in [0, 0.1) is 22.7 Å². The van der Waals surface area contributed by atoms with Gasteiger partial charge in [-0.2, -0.15) is 0 Å². The van der Waals surface area contributed by atoms with Gasteiger partial charge in [-0.25, -0.2) is 20.0 Å². The van der Waals surface area contributed by atoms with Crippen LogP contribution in [-0.2, 0) is 11.4 Å². The number of nitrogens with zero attached hydrogens (tertiary/aromatic N) is 5. The van der Waals surface area contributed by atoms with Crippen molar-refractivity contribution in [2.75, 3.05) is 12.2 Å². The SMILES string of the molecule is C=C1CCC[C@@H]2[C@@](C)(CC[C@@]3(C)CCn4cnc5ncnc(c54)N3OC)[C@H](C)CC[C@]12C. The Labute approximate surface area is 192 Å². The number of hydroxylamine groups is 1. The van der Waals surface area contributed by atoms with E-state index in [2.05, 4.69) is 58.9 Å². The molecule has 32 heavy (non-hydrogen) atoms. The summed E-state index contributed by atoms with van der Waals surface area (Å²) in [6, 6.07) is 0. The van der Waals surface area contributed by atoms with E-state index in [1.54, 1.807) is 13.4 Å². The van der Waals surface area contributed by atoms with E-state index in [9.17, 15) is 0 Å². The van der Waals surface area contributed by atoms with E-state index in [0.29, 0.717) is 16.7 Å². The monoisotopic (exact) mass is 437 g/mol. The summed E-state index contributed by atoms with van der Waals surface area (Å²) in [5.74, 6) is 2.28. The minimum atomic E-state index is -0.142. The zero-order valence-corrected chi connectivity index (χ0v) is 20.5. The Bertz CT molecular complexity index is 1030. The highest BCUT2D eigenvalue weighted by atomic mass is 16.7. The topological polar surface area (TPSA) is 56.1 Å². The first kappa shape index (κ1) is 21.9. The first-order valence-electron chi connectivity index (χ1n) is 12.4. The third kappa shape index (κ3) is 3.05. The summed E-state index contributed by atoms with van der Waals surface area (Å²) in [6.45, 7) is 15.4. The Kier molecular flexibility index (Phi) is 5.16.